The minimum absolute atomic E-state index is 0.140. The minimum atomic E-state index is -1.63. The third kappa shape index (κ3) is 72.2. The molecular formula is C82H135NO8. The number of allylic oxidation sites excluding steroid dienone is 26. The first-order valence-electron chi connectivity index (χ1n) is 36.6. The lowest BCUT2D eigenvalue weighted by atomic mass is 10.0. The maximum Gasteiger partial charge on any atom is 0.306 e. The molecule has 91 heavy (non-hydrogen) atoms. The highest BCUT2D eigenvalue weighted by Gasteiger charge is 2.22. The summed E-state index contributed by atoms with van der Waals surface area (Å²) < 4.78 is 22.8. The van der Waals surface area contributed by atoms with Crippen molar-refractivity contribution in [2.75, 3.05) is 47.5 Å². The molecule has 0 aromatic carbocycles. The summed E-state index contributed by atoms with van der Waals surface area (Å²) in [5.41, 5.74) is 0. The molecule has 0 bridgehead atoms. The Kier molecular flexibility index (Phi) is 66.8. The number of carboxylic acid groups (broad SMARTS) is 1. The van der Waals surface area contributed by atoms with Gasteiger partial charge in [0.15, 0.2) is 12.4 Å². The highest BCUT2D eigenvalue weighted by molar-refractivity contribution is 5.70. The van der Waals surface area contributed by atoms with E-state index in [9.17, 15) is 19.5 Å². The maximum atomic E-state index is 13.0. The predicted octanol–water partition coefficient (Wildman–Crippen LogP) is 21.9. The van der Waals surface area contributed by atoms with E-state index in [1.807, 2.05) is 21.1 Å². The van der Waals surface area contributed by atoms with Gasteiger partial charge in [-0.3, -0.25) is 9.59 Å². The summed E-state index contributed by atoms with van der Waals surface area (Å²) in [7, 11) is 5.92. The molecule has 9 heteroatoms. The Labute approximate surface area is 559 Å². The SMILES string of the molecule is CC/C=C\C/C=C\C/C=C\C/C=C\C/C=C\C/C=C\C/C=C\C/C=C\C/C=C\CCCCCCCCCCCC(=O)OC(COC(=O)CCCCCCCCCCCCCCCCCC/C=C\C/C=C\C/C=C\C/C=C\CC)COC(OCC[N+](C)(C)C)C(=O)[O-]. The van der Waals surface area contributed by atoms with Crippen molar-refractivity contribution >= 4 is 17.9 Å². The van der Waals surface area contributed by atoms with Crippen molar-refractivity contribution in [1.82, 2.24) is 0 Å². The van der Waals surface area contributed by atoms with Gasteiger partial charge in [-0.1, -0.05) is 307 Å². The Balaban J connectivity index is 4.15. The van der Waals surface area contributed by atoms with E-state index in [4.69, 9.17) is 18.9 Å². The van der Waals surface area contributed by atoms with Crippen molar-refractivity contribution < 1.29 is 42.9 Å². The van der Waals surface area contributed by atoms with Gasteiger partial charge < -0.3 is 33.3 Å². The first-order valence-corrected chi connectivity index (χ1v) is 36.6. The molecule has 2 unspecified atom stereocenters. The molecule has 0 aromatic heterocycles. The number of rotatable bonds is 66. The van der Waals surface area contributed by atoms with Crippen LogP contribution >= 0.6 is 0 Å². The van der Waals surface area contributed by atoms with Crippen LogP contribution in [-0.2, 0) is 33.3 Å². The first kappa shape index (κ1) is 85.9. The molecule has 0 radical (unpaired) electrons. The fraction of sp³-hybridized carbons (Fsp3) is 0.646. The predicted molar refractivity (Wildman–Crippen MR) is 389 cm³/mol. The summed E-state index contributed by atoms with van der Waals surface area (Å²) in [4.78, 5) is 37.5. The molecule has 0 saturated heterocycles. The van der Waals surface area contributed by atoms with Gasteiger partial charge in [-0.15, -0.1) is 0 Å². The second kappa shape index (κ2) is 70.8. The van der Waals surface area contributed by atoms with Crippen molar-refractivity contribution in [2.24, 2.45) is 0 Å². The van der Waals surface area contributed by atoms with Gasteiger partial charge in [0.25, 0.3) is 0 Å². The second-order valence-electron chi connectivity index (χ2n) is 25.1. The molecule has 0 aliphatic carbocycles. The molecule has 0 amide bonds. The number of carbonyl (C=O) groups is 3. The zero-order valence-electron chi connectivity index (χ0n) is 58.9. The van der Waals surface area contributed by atoms with Crippen LogP contribution in [0.2, 0.25) is 0 Å². The standard InChI is InChI=1S/C82H135NO8/c1-6-8-10-12-14-16-18-20-22-24-26-28-30-32-34-36-37-38-39-40-41-42-43-45-47-49-51-53-55-57-59-61-63-65-67-69-71-73-80(85)91-78(77-90-82(81(86)87)88-75-74-83(3,4)5)76-89-79(84)72-70-68-66-64-62-60-58-56-54-52-50-48-46-44-35-33-31-29-27-25-23-21-19-17-15-13-11-9-7-2/h8-11,14-17,20-23,26-29,32,34,37-38,40-41,43,45,49,51,78,82H,6-7,12-13,18-19,24-25,30-31,33,35-36,39,42,44,46-48,50,52-77H2,1-5H3/b10-8-,11-9-,16-14-,17-15-,22-20-,23-21-,28-26-,29-27-,34-32-,38-37-,41-40-,45-43-,51-49-. The summed E-state index contributed by atoms with van der Waals surface area (Å²) in [5, 5.41) is 11.8. The van der Waals surface area contributed by atoms with Gasteiger partial charge in [-0.05, 0) is 122 Å². The first-order chi connectivity index (χ1) is 44.6. The number of carbonyl (C=O) groups excluding carboxylic acids is 3. The van der Waals surface area contributed by atoms with Crippen LogP contribution in [0.3, 0.4) is 0 Å². The van der Waals surface area contributed by atoms with E-state index in [-0.39, 0.29) is 38.6 Å². The third-order valence-corrected chi connectivity index (χ3v) is 15.3. The van der Waals surface area contributed by atoms with Crippen molar-refractivity contribution in [3.63, 3.8) is 0 Å². The van der Waals surface area contributed by atoms with Gasteiger partial charge in [-0.25, -0.2) is 0 Å². The van der Waals surface area contributed by atoms with Crippen LogP contribution in [0.1, 0.15) is 284 Å². The van der Waals surface area contributed by atoms with Gasteiger partial charge >= 0.3 is 11.9 Å². The number of likely N-dealkylation sites (N-methyl/N-ethyl adjacent to an activating group) is 1. The molecule has 9 nitrogen and oxygen atoms in total. The van der Waals surface area contributed by atoms with E-state index in [0.717, 1.165) is 128 Å². The second-order valence-corrected chi connectivity index (χ2v) is 25.1. The molecule has 0 rings (SSSR count). The topological polar surface area (TPSA) is 111 Å². The number of hydrogen-bond acceptors (Lipinski definition) is 8. The number of carboxylic acids is 1. The molecule has 0 saturated carbocycles. The van der Waals surface area contributed by atoms with Crippen molar-refractivity contribution in [3.8, 4) is 0 Å². The average molecular weight is 1260 g/mol. The Morgan fingerprint density at radius 1 is 0.330 bits per heavy atom. The Bertz CT molecular complexity index is 2060. The van der Waals surface area contributed by atoms with Crippen LogP contribution in [0.5, 0.6) is 0 Å². The number of unbranched alkanes of at least 4 members (excludes halogenated alkanes) is 25. The van der Waals surface area contributed by atoms with Crippen LogP contribution in [0.15, 0.2) is 158 Å². The highest BCUT2D eigenvalue weighted by atomic mass is 16.7. The smallest absolute Gasteiger partial charge is 0.306 e. The Morgan fingerprint density at radius 3 is 0.879 bits per heavy atom. The van der Waals surface area contributed by atoms with Crippen LogP contribution < -0.4 is 5.11 Å². The van der Waals surface area contributed by atoms with E-state index < -0.39 is 24.3 Å². The lowest BCUT2D eigenvalue weighted by Gasteiger charge is -2.26. The summed E-state index contributed by atoms with van der Waals surface area (Å²) >= 11 is 0. The molecular weight excluding hydrogens is 1130 g/mol. The molecule has 0 fully saturated rings. The van der Waals surface area contributed by atoms with Crippen LogP contribution in [0.25, 0.3) is 0 Å². The summed E-state index contributed by atoms with van der Waals surface area (Å²) in [6, 6.07) is 0. The van der Waals surface area contributed by atoms with Crippen molar-refractivity contribution in [3.05, 3.63) is 158 Å². The number of aliphatic carboxylic acids is 1. The highest BCUT2D eigenvalue weighted by Crippen LogP contribution is 2.17. The summed E-state index contributed by atoms with van der Waals surface area (Å²) in [6.07, 6.45) is 102. The monoisotopic (exact) mass is 1260 g/mol. The average Bonchev–Trinajstić information content (AvgIpc) is 3.50. The zero-order chi connectivity index (χ0) is 66.1. The van der Waals surface area contributed by atoms with E-state index in [0.29, 0.717) is 17.4 Å². The maximum absolute atomic E-state index is 13.0. The molecule has 0 spiro atoms. The molecule has 0 aliphatic heterocycles. The lowest BCUT2D eigenvalue weighted by molar-refractivity contribution is -0.870. The van der Waals surface area contributed by atoms with E-state index in [1.54, 1.807) is 0 Å². The van der Waals surface area contributed by atoms with Gasteiger partial charge in [0.2, 0.25) is 0 Å². The van der Waals surface area contributed by atoms with Crippen molar-refractivity contribution in [2.45, 2.75) is 296 Å². The van der Waals surface area contributed by atoms with Crippen molar-refractivity contribution in [1.29, 1.82) is 0 Å². The Morgan fingerprint density at radius 2 is 0.593 bits per heavy atom. The normalized spacial score (nSPS) is 13.6. The van der Waals surface area contributed by atoms with Gasteiger partial charge in [0.1, 0.15) is 13.2 Å². The molecule has 2 atom stereocenters. The zero-order valence-corrected chi connectivity index (χ0v) is 58.9. The number of hydrogen-bond donors (Lipinski definition) is 0. The number of esters is 2. The quantitative estimate of drug-likeness (QED) is 0.0195. The molecule has 0 aliphatic rings. The fourth-order valence-corrected chi connectivity index (χ4v) is 9.76. The summed E-state index contributed by atoms with van der Waals surface area (Å²) in [5.74, 6) is -2.30. The van der Waals surface area contributed by atoms with Crippen LogP contribution in [0, 0.1) is 0 Å². The van der Waals surface area contributed by atoms with Gasteiger partial charge in [0.05, 0.1) is 40.3 Å². The molecule has 0 N–H and O–H groups in total. The lowest BCUT2D eigenvalue weighted by Crippen LogP contribution is -2.44. The summed E-state index contributed by atoms with van der Waals surface area (Å²) in [6.45, 7) is 4.52. The van der Waals surface area contributed by atoms with E-state index in [1.165, 1.54) is 122 Å². The largest absolute Gasteiger partial charge is 0.545 e. The molecule has 516 valence electrons. The fourth-order valence-electron chi connectivity index (χ4n) is 9.76. The molecule has 0 heterocycles. The van der Waals surface area contributed by atoms with E-state index in [2.05, 4.69) is 172 Å². The van der Waals surface area contributed by atoms with Crippen LogP contribution in [0.4, 0.5) is 0 Å². The number of ether oxygens (including phenoxy) is 4. The van der Waals surface area contributed by atoms with Gasteiger partial charge in [0, 0.05) is 12.8 Å². The molecule has 0 aromatic rings. The van der Waals surface area contributed by atoms with Gasteiger partial charge in [-0.2, -0.15) is 0 Å². The third-order valence-electron chi connectivity index (χ3n) is 15.3. The van der Waals surface area contributed by atoms with Crippen LogP contribution in [-0.4, -0.2) is 82.3 Å². The van der Waals surface area contributed by atoms with E-state index >= 15 is 0 Å². The number of quaternary nitrogens is 1. The minimum Gasteiger partial charge on any atom is -0.545 e. The Hall–Kier alpha value is -5.09. The number of nitrogens with zero attached hydrogens (tertiary/aromatic N) is 1.